The van der Waals surface area contributed by atoms with Gasteiger partial charge in [-0.25, -0.2) is 0 Å². The molecule has 0 heterocycles. The summed E-state index contributed by atoms with van der Waals surface area (Å²) in [4.78, 5) is 0. The monoisotopic (exact) mass is 276 g/mol. The second kappa shape index (κ2) is 28.5. The molecule has 40 valence electrons. The molecule has 0 radical (unpaired) electrons. The summed E-state index contributed by atoms with van der Waals surface area (Å²) >= 11 is 0.569. The van der Waals surface area contributed by atoms with Crippen molar-refractivity contribution in [3.05, 3.63) is 0 Å². The van der Waals surface area contributed by atoms with Crippen molar-refractivity contribution in [2.75, 3.05) is 0 Å². The molecule has 0 amide bonds. The van der Waals surface area contributed by atoms with E-state index in [-0.39, 0.29) is 38.3 Å². The second-order valence-electron chi connectivity index (χ2n) is 0.0452. The smallest absolute Gasteiger partial charge is 0.870 e. The molecule has 2 N–H and O–H groups in total. The molecule has 0 aromatic rings. The zero-order valence-corrected chi connectivity index (χ0v) is 9.21. The predicted molar refractivity (Wildman–Crippen MR) is 15.6 cm³/mol. The van der Waals surface area contributed by atoms with Crippen LogP contribution in [0.15, 0.2) is 0 Å². The molecule has 6 heavy (non-hydrogen) atoms. The van der Waals surface area contributed by atoms with E-state index in [9.17, 15) is 0 Å². The first-order chi connectivity index (χ1) is 1.41. The fourth-order valence-electron chi connectivity index (χ4n) is 0. The molecule has 2 nitrogen and oxygen atoms in total. The Morgan fingerprint density at radius 3 is 1.00 bits per heavy atom. The second-order valence-corrected chi connectivity index (χ2v) is 1.68. The fourth-order valence-corrected chi connectivity index (χ4v) is 0. The Balaban J connectivity index is -0.00000000667. The van der Waals surface area contributed by atoms with Crippen molar-refractivity contribution in [3.63, 3.8) is 0 Å². The molecule has 0 saturated carbocycles. The molecule has 0 fully saturated rings. The van der Waals surface area contributed by atoms with Gasteiger partial charge in [-0.05, 0) is 0 Å². The maximum absolute atomic E-state index is 4.70. The van der Waals surface area contributed by atoms with Crippen LogP contribution in [0.5, 0.6) is 0 Å². The summed E-state index contributed by atoms with van der Waals surface area (Å²) in [5.41, 5.74) is 0. The Morgan fingerprint density at radius 2 is 1.00 bits per heavy atom. The Morgan fingerprint density at radius 1 is 1.00 bits per heavy atom. The SMILES string of the molecule is [Cd+2].[Cl][Ni][Cl].[OH-].[OH-]. The van der Waals surface area contributed by atoms with Crippen LogP contribution in [0, 0.1) is 0 Å². The van der Waals surface area contributed by atoms with Crippen molar-refractivity contribution in [3.8, 4) is 0 Å². The van der Waals surface area contributed by atoms with Crippen molar-refractivity contribution in [2.45, 2.75) is 0 Å². The van der Waals surface area contributed by atoms with Gasteiger partial charge in [0.15, 0.2) is 0 Å². The topological polar surface area (TPSA) is 60.0 Å². The molecule has 0 aromatic carbocycles. The van der Waals surface area contributed by atoms with Gasteiger partial charge < -0.3 is 11.0 Å². The van der Waals surface area contributed by atoms with E-state index in [4.69, 9.17) is 20.4 Å². The molecular weight excluding hydrogens is 274 g/mol. The first kappa shape index (κ1) is 24.7. The summed E-state index contributed by atoms with van der Waals surface area (Å²) in [7, 11) is 9.40. The van der Waals surface area contributed by atoms with Gasteiger partial charge in [0.25, 0.3) is 0 Å². The van der Waals surface area contributed by atoms with E-state index in [1.807, 2.05) is 0 Å². The minimum atomic E-state index is 0. The molecule has 0 saturated heterocycles. The first-order valence-electron chi connectivity index (χ1n) is 0.239. The van der Waals surface area contributed by atoms with Crippen LogP contribution in [0.3, 0.4) is 0 Å². The number of hydrogen-bond acceptors (Lipinski definition) is 2. The Hall–Kier alpha value is 1.92. The largest absolute Gasteiger partial charge is 0.870 e. The quantitative estimate of drug-likeness (QED) is 0.620. The third kappa shape index (κ3) is 39.0. The fraction of sp³-hybridized carbons (Fsp3) is 0. The van der Waals surface area contributed by atoms with Crippen molar-refractivity contribution in [1.82, 2.24) is 0 Å². The summed E-state index contributed by atoms with van der Waals surface area (Å²) in [6.45, 7) is 0. The Labute approximate surface area is 70.7 Å². The number of rotatable bonds is 0. The zero-order valence-electron chi connectivity index (χ0n) is 2.67. The van der Waals surface area contributed by atoms with Gasteiger partial charge >= 0.3 is 60.3 Å². The zero-order chi connectivity index (χ0) is 2.71. The average Bonchev–Trinajstić information content (AvgIpc) is 0.918. The first-order valence-corrected chi connectivity index (χ1v) is 2.96. The summed E-state index contributed by atoms with van der Waals surface area (Å²) in [6, 6.07) is 0. The minimum Gasteiger partial charge on any atom is -0.870 e. The molecular formula is H2CdCl2NiO2. The van der Waals surface area contributed by atoms with Gasteiger partial charge in [-0.3, -0.25) is 0 Å². The third-order valence-electron chi connectivity index (χ3n) is 0. The van der Waals surface area contributed by atoms with Gasteiger partial charge in [0.1, 0.15) is 0 Å². The third-order valence-corrected chi connectivity index (χ3v) is 0. The molecule has 0 unspecified atom stereocenters. The van der Waals surface area contributed by atoms with E-state index in [1.54, 1.807) is 0 Å². The average molecular weight is 276 g/mol. The van der Waals surface area contributed by atoms with Crippen molar-refractivity contribution < 1.29 is 50.9 Å². The molecule has 6 heteroatoms. The van der Waals surface area contributed by atoms with Gasteiger partial charge in [0, 0.05) is 0 Å². The van der Waals surface area contributed by atoms with Crippen LogP contribution in [0.1, 0.15) is 0 Å². The number of halogens is 2. The molecule has 0 aliphatic heterocycles. The van der Waals surface area contributed by atoms with Crippen LogP contribution >= 0.6 is 20.4 Å². The van der Waals surface area contributed by atoms with Crippen molar-refractivity contribution in [1.29, 1.82) is 0 Å². The van der Waals surface area contributed by atoms with Gasteiger partial charge in [-0.2, -0.15) is 0 Å². The van der Waals surface area contributed by atoms with Crippen LogP contribution in [-0.4, -0.2) is 11.0 Å². The molecule has 0 atom stereocenters. The summed E-state index contributed by atoms with van der Waals surface area (Å²) in [5.74, 6) is 0. The van der Waals surface area contributed by atoms with Crippen molar-refractivity contribution >= 4 is 20.4 Å². The summed E-state index contributed by atoms with van der Waals surface area (Å²) < 4.78 is 0. The van der Waals surface area contributed by atoms with Crippen molar-refractivity contribution in [2.24, 2.45) is 0 Å². The predicted octanol–water partition coefficient (Wildman–Crippen LogP) is 1.02. The summed E-state index contributed by atoms with van der Waals surface area (Å²) in [6.07, 6.45) is 0. The van der Waals surface area contributed by atoms with Crippen LogP contribution in [-0.2, 0) is 40.0 Å². The van der Waals surface area contributed by atoms with E-state index in [1.165, 1.54) is 0 Å². The molecule has 0 bridgehead atoms. The summed E-state index contributed by atoms with van der Waals surface area (Å²) in [5, 5.41) is 0. The minimum absolute atomic E-state index is 0. The molecule has 0 aliphatic rings. The van der Waals surface area contributed by atoms with Crippen LogP contribution in [0.2, 0.25) is 0 Å². The molecule has 0 aliphatic carbocycles. The number of hydrogen-bond donors (Lipinski definition) is 0. The Bertz CT molecular complexity index is 11.5. The van der Waals surface area contributed by atoms with Crippen LogP contribution in [0.4, 0.5) is 0 Å². The standard InChI is InChI=1S/Cd.2ClH.Ni.2H2O/h;2*1H;;2*1H2/q+2;;;+2;;/p-4. The van der Waals surface area contributed by atoms with E-state index >= 15 is 0 Å². The van der Waals surface area contributed by atoms with Gasteiger partial charge in [-0.15, -0.1) is 0 Å². The van der Waals surface area contributed by atoms with E-state index in [2.05, 4.69) is 0 Å². The van der Waals surface area contributed by atoms with E-state index in [0.717, 1.165) is 0 Å². The van der Waals surface area contributed by atoms with Gasteiger partial charge in [0.05, 0.1) is 0 Å². The van der Waals surface area contributed by atoms with Gasteiger partial charge in [-0.1, -0.05) is 0 Å². The van der Waals surface area contributed by atoms with Crippen LogP contribution < -0.4 is 0 Å². The molecule has 0 aromatic heterocycles. The maximum Gasteiger partial charge on any atom is -0.870 e. The van der Waals surface area contributed by atoms with E-state index < -0.39 is 0 Å². The Kier molecular flexibility index (Phi) is 117. The van der Waals surface area contributed by atoms with Gasteiger partial charge in [0.2, 0.25) is 0 Å². The molecule has 0 rings (SSSR count). The normalized spacial score (nSPS) is 3.67. The molecule has 0 spiro atoms. The van der Waals surface area contributed by atoms with Crippen LogP contribution in [0.25, 0.3) is 0 Å². The maximum atomic E-state index is 4.70. The van der Waals surface area contributed by atoms with E-state index in [0.29, 0.717) is 12.7 Å².